The number of benzene rings is 1. The summed E-state index contributed by atoms with van der Waals surface area (Å²) in [5, 5.41) is 31.1. The first-order chi connectivity index (χ1) is 6.57. The molecule has 0 radical (unpaired) electrons. The third-order valence-electron chi connectivity index (χ3n) is 2.21. The molecular weight excluding hydrogens is 182 g/mol. The standard InChI is InChI=1S/C10H15NO3/c1-6-7(9(13)5-11-2)3-4-8(12)10(6)14/h3-4,9,11-14H,5H2,1-2H3. The molecule has 0 aliphatic carbocycles. The second kappa shape index (κ2) is 4.30. The van der Waals surface area contributed by atoms with Gasteiger partial charge < -0.3 is 20.6 Å². The third kappa shape index (κ3) is 1.97. The predicted octanol–water partition coefficient (Wildman–Crippen LogP) is 0.659. The van der Waals surface area contributed by atoms with Crippen molar-refractivity contribution in [3.63, 3.8) is 0 Å². The highest BCUT2D eigenvalue weighted by Gasteiger charge is 2.13. The van der Waals surface area contributed by atoms with Gasteiger partial charge in [0.1, 0.15) is 0 Å². The van der Waals surface area contributed by atoms with Gasteiger partial charge in [-0.1, -0.05) is 6.07 Å². The van der Waals surface area contributed by atoms with Gasteiger partial charge in [-0.25, -0.2) is 0 Å². The molecule has 1 rings (SSSR count). The summed E-state index contributed by atoms with van der Waals surface area (Å²) < 4.78 is 0. The van der Waals surface area contributed by atoms with Crippen LogP contribution in [0.5, 0.6) is 11.5 Å². The van der Waals surface area contributed by atoms with Crippen LogP contribution < -0.4 is 5.32 Å². The summed E-state index contributed by atoms with van der Waals surface area (Å²) in [5.74, 6) is -0.333. The number of phenols is 2. The molecule has 1 unspecified atom stereocenters. The number of hydrogen-bond donors (Lipinski definition) is 4. The third-order valence-corrected chi connectivity index (χ3v) is 2.21. The van der Waals surface area contributed by atoms with Gasteiger partial charge in [-0.3, -0.25) is 0 Å². The van der Waals surface area contributed by atoms with Crippen molar-refractivity contribution in [2.75, 3.05) is 13.6 Å². The van der Waals surface area contributed by atoms with E-state index in [1.54, 1.807) is 20.0 Å². The van der Waals surface area contributed by atoms with E-state index in [0.29, 0.717) is 17.7 Å². The van der Waals surface area contributed by atoms with Crippen molar-refractivity contribution in [2.45, 2.75) is 13.0 Å². The Balaban J connectivity index is 3.04. The van der Waals surface area contributed by atoms with Crippen molar-refractivity contribution in [2.24, 2.45) is 0 Å². The van der Waals surface area contributed by atoms with Gasteiger partial charge in [-0.2, -0.15) is 0 Å². The van der Waals surface area contributed by atoms with Crippen LogP contribution in [0.3, 0.4) is 0 Å². The molecule has 4 N–H and O–H groups in total. The number of phenolic OH excluding ortho intramolecular Hbond substituents is 2. The summed E-state index contributed by atoms with van der Waals surface area (Å²) in [6.45, 7) is 2.06. The normalized spacial score (nSPS) is 12.8. The maximum absolute atomic E-state index is 9.66. The molecule has 0 saturated carbocycles. The molecule has 0 spiro atoms. The number of likely N-dealkylation sites (N-methyl/N-ethyl adjacent to an activating group) is 1. The van der Waals surface area contributed by atoms with Gasteiger partial charge in [-0.15, -0.1) is 0 Å². The highest BCUT2D eigenvalue weighted by atomic mass is 16.3. The van der Waals surface area contributed by atoms with Gasteiger partial charge in [0.05, 0.1) is 6.10 Å². The molecule has 1 aromatic carbocycles. The van der Waals surface area contributed by atoms with E-state index in [9.17, 15) is 15.3 Å². The fraction of sp³-hybridized carbons (Fsp3) is 0.400. The minimum Gasteiger partial charge on any atom is -0.504 e. The van der Waals surface area contributed by atoms with E-state index < -0.39 is 6.10 Å². The molecular formula is C10H15NO3. The Morgan fingerprint density at radius 2 is 2.00 bits per heavy atom. The zero-order chi connectivity index (χ0) is 10.7. The first-order valence-electron chi connectivity index (χ1n) is 4.42. The molecule has 4 nitrogen and oxygen atoms in total. The van der Waals surface area contributed by atoms with Gasteiger partial charge in [0.15, 0.2) is 11.5 Å². The molecule has 0 aromatic heterocycles. The van der Waals surface area contributed by atoms with Crippen molar-refractivity contribution < 1.29 is 15.3 Å². The number of hydrogen-bond acceptors (Lipinski definition) is 4. The lowest BCUT2D eigenvalue weighted by Gasteiger charge is -2.14. The van der Waals surface area contributed by atoms with Crippen molar-refractivity contribution in [1.29, 1.82) is 0 Å². The van der Waals surface area contributed by atoms with Crippen LogP contribution in [0, 0.1) is 6.92 Å². The summed E-state index contributed by atoms with van der Waals surface area (Å²) >= 11 is 0. The van der Waals surface area contributed by atoms with Crippen LogP contribution in [-0.4, -0.2) is 28.9 Å². The van der Waals surface area contributed by atoms with E-state index in [4.69, 9.17) is 0 Å². The lowest BCUT2D eigenvalue weighted by atomic mass is 10.0. The summed E-state index contributed by atoms with van der Waals surface area (Å²) in [7, 11) is 1.73. The van der Waals surface area contributed by atoms with E-state index in [2.05, 4.69) is 5.32 Å². The number of aromatic hydroxyl groups is 2. The fourth-order valence-electron chi connectivity index (χ4n) is 1.37. The molecule has 0 aliphatic heterocycles. The molecule has 1 atom stereocenters. The molecule has 0 aliphatic rings. The Hall–Kier alpha value is -1.26. The number of aliphatic hydroxyl groups excluding tert-OH is 1. The molecule has 0 bridgehead atoms. The summed E-state index contributed by atoms with van der Waals surface area (Å²) in [4.78, 5) is 0. The van der Waals surface area contributed by atoms with E-state index in [1.807, 2.05) is 0 Å². The zero-order valence-electron chi connectivity index (χ0n) is 8.28. The molecule has 1 aromatic rings. The van der Waals surface area contributed by atoms with Crippen LogP contribution in [-0.2, 0) is 0 Å². The molecule has 0 saturated heterocycles. The van der Waals surface area contributed by atoms with Gasteiger partial charge in [-0.05, 0) is 25.6 Å². The Bertz CT molecular complexity index is 325. The fourth-order valence-corrected chi connectivity index (χ4v) is 1.37. The average molecular weight is 197 g/mol. The smallest absolute Gasteiger partial charge is 0.160 e. The molecule has 0 fully saturated rings. The number of nitrogens with one attached hydrogen (secondary N) is 1. The first kappa shape index (κ1) is 10.8. The monoisotopic (exact) mass is 197 g/mol. The van der Waals surface area contributed by atoms with Crippen LogP contribution in [0.4, 0.5) is 0 Å². The number of rotatable bonds is 3. The Morgan fingerprint density at radius 1 is 1.36 bits per heavy atom. The second-order valence-electron chi connectivity index (χ2n) is 3.22. The predicted molar refractivity (Wildman–Crippen MR) is 53.4 cm³/mol. The van der Waals surface area contributed by atoms with E-state index in [-0.39, 0.29) is 11.5 Å². The zero-order valence-corrected chi connectivity index (χ0v) is 8.28. The van der Waals surface area contributed by atoms with Gasteiger partial charge in [0.25, 0.3) is 0 Å². The molecule has 4 heteroatoms. The second-order valence-corrected chi connectivity index (χ2v) is 3.22. The maximum atomic E-state index is 9.66. The van der Waals surface area contributed by atoms with E-state index in [1.165, 1.54) is 6.07 Å². The van der Waals surface area contributed by atoms with Crippen LogP contribution in [0.25, 0.3) is 0 Å². The Labute approximate surface area is 82.8 Å². The minimum atomic E-state index is -0.675. The molecule has 0 heterocycles. The minimum absolute atomic E-state index is 0.164. The van der Waals surface area contributed by atoms with Gasteiger partial charge >= 0.3 is 0 Å². The van der Waals surface area contributed by atoms with E-state index >= 15 is 0 Å². The highest BCUT2D eigenvalue weighted by Crippen LogP contribution is 2.32. The lowest BCUT2D eigenvalue weighted by Crippen LogP contribution is -2.17. The molecule has 78 valence electrons. The van der Waals surface area contributed by atoms with Crippen molar-refractivity contribution in [3.05, 3.63) is 23.3 Å². The van der Waals surface area contributed by atoms with Crippen LogP contribution in [0.1, 0.15) is 17.2 Å². The Morgan fingerprint density at radius 3 is 2.57 bits per heavy atom. The van der Waals surface area contributed by atoms with Crippen molar-refractivity contribution >= 4 is 0 Å². The van der Waals surface area contributed by atoms with Crippen molar-refractivity contribution in [3.8, 4) is 11.5 Å². The summed E-state index contributed by atoms with van der Waals surface area (Å²) in [6.07, 6.45) is -0.675. The molecule has 14 heavy (non-hydrogen) atoms. The lowest BCUT2D eigenvalue weighted by molar-refractivity contribution is 0.176. The van der Waals surface area contributed by atoms with Gasteiger partial charge in [0.2, 0.25) is 0 Å². The van der Waals surface area contributed by atoms with Crippen molar-refractivity contribution in [1.82, 2.24) is 5.32 Å². The largest absolute Gasteiger partial charge is 0.504 e. The first-order valence-corrected chi connectivity index (χ1v) is 4.42. The SMILES string of the molecule is CNCC(O)c1ccc(O)c(O)c1C. The topological polar surface area (TPSA) is 72.7 Å². The maximum Gasteiger partial charge on any atom is 0.160 e. The van der Waals surface area contributed by atoms with Crippen LogP contribution >= 0.6 is 0 Å². The highest BCUT2D eigenvalue weighted by molar-refractivity contribution is 5.48. The van der Waals surface area contributed by atoms with Gasteiger partial charge in [0, 0.05) is 12.1 Å². The Kier molecular flexibility index (Phi) is 3.33. The average Bonchev–Trinajstić information content (AvgIpc) is 2.15. The number of aliphatic hydroxyl groups is 1. The quantitative estimate of drug-likeness (QED) is 0.537. The molecule has 0 amide bonds. The van der Waals surface area contributed by atoms with Crippen LogP contribution in [0.2, 0.25) is 0 Å². The van der Waals surface area contributed by atoms with E-state index in [0.717, 1.165) is 0 Å². The summed E-state index contributed by atoms with van der Waals surface area (Å²) in [6, 6.07) is 2.98. The summed E-state index contributed by atoms with van der Waals surface area (Å²) in [5.41, 5.74) is 1.13. The van der Waals surface area contributed by atoms with Crippen LogP contribution in [0.15, 0.2) is 12.1 Å².